The van der Waals surface area contributed by atoms with Gasteiger partial charge in [0.15, 0.2) is 5.78 Å². The fourth-order valence-electron chi connectivity index (χ4n) is 3.32. The van der Waals surface area contributed by atoms with E-state index in [9.17, 15) is 9.59 Å². The molecule has 0 saturated carbocycles. The van der Waals surface area contributed by atoms with E-state index in [1.807, 2.05) is 42.7 Å². The van der Waals surface area contributed by atoms with Gasteiger partial charge in [0.25, 0.3) is 0 Å². The Bertz CT molecular complexity index is 746. The fourth-order valence-corrected chi connectivity index (χ4v) is 3.32. The third-order valence-electron chi connectivity index (χ3n) is 4.25. The molecule has 0 radical (unpaired) electrons. The van der Waals surface area contributed by atoms with Crippen molar-refractivity contribution in [2.75, 3.05) is 7.11 Å². The van der Waals surface area contributed by atoms with Gasteiger partial charge in [-0.05, 0) is 11.0 Å². The number of carbonyl (C=O) groups excluding carboxylic acids is 2. The van der Waals surface area contributed by atoms with Crippen LogP contribution >= 0.6 is 0 Å². The summed E-state index contributed by atoms with van der Waals surface area (Å²) in [5.41, 5.74) is 1.71. The summed E-state index contributed by atoms with van der Waals surface area (Å²) in [5, 5.41) is 0. The highest BCUT2D eigenvalue weighted by atomic mass is 16.5. The van der Waals surface area contributed by atoms with Crippen molar-refractivity contribution in [1.29, 1.82) is 0 Å². The number of hydrogen-bond donors (Lipinski definition) is 0. The molecule has 0 amide bonds. The predicted octanol–water partition coefficient (Wildman–Crippen LogP) is 2.87. The number of ketones is 1. The lowest BCUT2D eigenvalue weighted by Gasteiger charge is -2.40. The number of aromatic nitrogens is 2. The van der Waals surface area contributed by atoms with E-state index in [4.69, 9.17) is 4.74 Å². The van der Waals surface area contributed by atoms with Crippen molar-refractivity contribution in [3.05, 3.63) is 53.6 Å². The van der Waals surface area contributed by atoms with Gasteiger partial charge in [0.2, 0.25) is 0 Å². The Balaban J connectivity index is 2.21. The lowest BCUT2D eigenvalue weighted by Crippen LogP contribution is -2.37. The minimum Gasteiger partial charge on any atom is -0.464 e. The number of imidazole rings is 1. The summed E-state index contributed by atoms with van der Waals surface area (Å²) in [6.07, 6.45) is 3.56. The molecule has 1 aliphatic carbocycles. The largest absolute Gasteiger partial charge is 0.464 e. The van der Waals surface area contributed by atoms with Crippen LogP contribution < -0.4 is 0 Å². The van der Waals surface area contributed by atoms with Gasteiger partial charge in [-0.2, -0.15) is 0 Å². The van der Waals surface area contributed by atoms with Gasteiger partial charge in [-0.3, -0.25) is 4.79 Å². The van der Waals surface area contributed by atoms with Crippen LogP contribution in [0.5, 0.6) is 0 Å². The SMILES string of the molecule is COC(=O)c1cncn1C1c2ccccc2C(=O)CC1(C)C. The van der Waals surface area contributed by atoms with Crippen molar-refractivity contribution >= 4 is 11.8 Å². The van der Waals surface area contributed by atoms with Gasteiger partial charge >= 0.3 is 5.97 Å². The minimum atomic E-state index is -0.428. The second-order valence-corrected chi connectivity index (χ2v) is 6.26. The number of fused-ring (bicyclic) bond motifs is 1. The molecular formula is C17H18N2O3. The molecule has 1 heterocycles. The zero-order valence-corrected chi connectivity index (χ0v) is 12.9. The topological polar surface area (TPSA) is 61.2 Å². The number of Topliss-reactive ketones (excluding diaryl/α,β-unsaturated/α-hetero) is 1. The van der Waals surface area contributed by atoms with Crippen molar-refractivity contribution in [2.24, 2.45) is 5.41 Å². The summed E-state index contributed by atoms with van der Waals surface area (Å²) in [5.74, 6) is -0.292. The van der Waals surface area contributed by atoms with E-state index < -0.39 is 5.97 Å². The minimum absolute atomic E-state index is 0.136. The van der Waals surface area contributed by atoms with Crippen LogP contribution in [0.15, 0.2) is 36.8 Å². The van der Waals surface area contributed by atoms with Crippen LogP contribution in [0, 0.1) is 5.41 Å². The summed E-state index contributed by atoms with van der Waals surface area (Å²) in [7, 11) is 1.35. The maximum Gasteiger partial charge on any atom is 0.356 e. The molecule has 0 saturated heterocycles. The van der Waals surface area contributed by atoms with E-state index in [1.165, 1.54) is 13.3 Å². The van der Waals surface area contributed by atoms with Crippen molar-refractivity contribution in [1.82, 2.24) is 9.55 Å². The molecule has 3 rings (SSSR count). The molecule has 0 fully saturated rings. The zero-order chi connectivity index (χ0) is 15.9. The molecule has 1 aromatic heterocycles. The molecule has 114 valence electrons. The molecule has 5 heteroatoms. The number of benzene rings is 1. The maximum atomic E-state index is 12.4. The fraction of sp³-hybridized carbons (Fsp3) is 0.353. The highest BCUT2D eigenvalue weighted by Gasteiger charge is 2.42. The van der Waals surface area contributed by atoms with Crippen LogP contribution in [0.4, 0.5) is 0 Å². The van der Waals surface area contributed by atoms with E-state index in [1.54, 1.807) is 6.33 Å². The quantitative estimate of drug-likeness (QED) is 0.800. The van der Waals surface area contributed by atoms with E-state index in [-0.39, 0.29) is 17.2 Å². The van der Waals surface area contributed by atoms with Crippen LogP contribution in [0.2, 0.25) is 0 Å². The van der Waals surface area contributed by atoms with Crippen molar-refractivity contribution in [3.8, 4) is 0 Å². The lowest BCUT2D eigenvalue weighted by molar-refractivity contribution is 0.0580. The third kappa shape index (κ3) is 2.13. The monoisotopic (exact) mass is 298 g/mol. The molecule has 0 aliphatic heterocycles. The number of rotatable bonds is 2. The number of methoxy groups -OCH3 is 1. The number of carbonyl (C=O) groups is 2. The van der Waals surface area contributed by atoms with Crippen molar-refractivity contribution in [3.63, 3.8) is 0 Å². The van der Waals surface area contributed by atoms with Gasteiger partial charge in [-0.1, -0.05) is 38.1 Å². The average molecular weight is 298 g/mol. The average Bonchev–Trinajstić information content (AvgIpc) is 2.94. The Morgan fingerprint density at radius 3 is 2.82 bits per heavy atom. The van der Waals surface area contributed by atoms with E-state index >= 15 is 0 Å². The Morgan fingerprint density at radius 1 is 1.36 bits per heavy atom. The standard InChI is InChI=1S/C17H18N2O3/c1-17(2)8-14(20)11-6-4-5-7-12(11)15(17)19-10-18-9-13(19)16(21)22-3/h4-7,9-10,15H,8H2,1-3H3. The molecule has 1 atom stereocenters. The molecule has 2 aromatic rings. The molecule has 1 aromatic carbocycles. The first-order valence-electron chi connectivity index (χ1n) is 7.18. The Kier molecular flexibility index (Phi) is 3.35. The van der Waals surface area contributed by atoms with E-state index in [2.05, 4.69) is 4.98 Å². The smallest absolute Gasteiger partial charge is 0.356 e. The van der Waals surface area contributed by atoms with E-state index in [0.29, 0.717) is 12.1 Å². The molecule has 0 N–H and O–H groups in total. The Hall–Kier alpha value is -2.43. The first-order chi connectivity index (χ1) is 10.5. The van der Waals surface area contributed by atoms with Crippen LogP contribution in [-0.4, -0.2) is 28.4 Å². The molecule has 0 bridgehead atoms. The molecule has 0 spiro atoms. The van der Waals surface area contributed by atoms with Crippen molar-refractivity contribution < 1.29 is 14.3 Å². The second-order valence-electron chi connectivity index (χ2n) is 6.26. The zero-order valence-electron chi connectivity index (χ0n) is 12.9. The number of nitrogens with zero attached hydrogens (tertiary/aromatic N) is 2. The van der Waals surface area contributed by atoms with Crippen LogP contribution in [-0.2, 0) is 4.74 Å². The summed E-state index contributed by atoms with van der Waals surface area (Å²) < 4.78 is 6.65. The molecule has 5 nitrogen and oxygen atoms in total. The summed E-state index contributed by atoms with van der Waals surface area (Å²) in [4.78, 5) is 28.5. The number of ether oxygens (including phenoxy) is 1. The first-order valence-corrected chi connectivity index (χ1v) is 7.18. The summed E-state index contributed by atoms with van der Waals surface area (Å²) >= 11 is 0. The summed E-state index contributed by atoms with van der Waals surface area (Å²) in [6, 6.07) is 7.42. The molecular weight excluding hydrogens is 280 g/mol. The first kappa shape index (κ1) is 14.5. The predicted molar refractivity (Wildman–Crippen MR) is 80.9 cm³/mol. The molecule has 1 unspecified atom stereocenters. The van der Waals surface area contributed by atoms with Crippen LogP contribution in [0.25, 0.3) is 0 Å². The highest BCUT2D eigenvalue weighted by Crippen LogP contribution is 2.46. The van der Waals surface area contributed by atoms with Crippen LogP contribution in [0.3, 0.4) is 0 Å². The molecule has 22 heavy (non-hydrogen) atoms. The summed E-state index contributed by atoms with van der Waals surface area (Å²) in [6.45, 7) is 4.07. The Morgan fingerprint density at radius 2 is 2.09 bits per heavy atom. The highest BCUT2D eigenvalue weighted by molar-refractivity contribution is 5.99. The van der Waals surface area contributed by atoms with Gasteiger partial charge < -0.3 is 9.30 Å². The Labute approximate surface area is 128 Å². The third-order valence-corrected chi connectivity index (χ3v) is 4.25. The van der Waals surface area contributed by atoms with Crippen molar-refractivity contribution in [2.45, 2.75) is 26.3 Å². The number of hydrogen-bond acceptors (Lipinski definition) is 4. The van der Waals surface area contributed by atoms with Gasteiger partial charge in [0.05, 0.1) is 25.7 Å². The normalized spacial score (nSPS) is 19.6. The van der Waals surface area contributed by atoms with Gasteiger partial charge in [0, 0.05) is 12.0 Å². The van der Waals surface area contributed by atoms with Gasteiger partial charge in [-0.15, -0.1) is 0 Å². The van der Waals surface area contributed by atoms with Crippen LogP contribution in [0.1, 0.15) is 52.7 Å². The van der Waals surface area contributed by atoms with E-state index in [0.717, 1.165) is 11.1 Å². The van der Waals surface area contributed by atoms with Gasteiger partial charge in [-0.25, -0.2) is 9.78 Å². The van der Waals surface area contributed by atoms with Gasteiger partial charge in [0.1, 0.15) is 5.69 Å². The number of esters is 1. The second kappa shape index (κ2) is 5.09. The lowest BCUT2D eigenvalue weighted by atomic mass is 9.69. The molecule has 1 aliphatic rings. The maximum absolute atomic E-state index is 12.4.